The van der Waals surface area contributed by atoms with Crippen LogP contribution in [0.3, 0.4) is 0 Å². The summed E-state index contributed by atoms with van der Waals surface area (Å²) in [5.41, 5.74) is -0.0593. The summed E-state index contributed by atoms with van der Waals surface area (Å²) in [6.07, 6.45) is 2.02. The van der Waals surface area contributed by atoms with Crippen molar-refractivity contribution in [3.8, 4) is 0 Å². The van der Waals surface area contributed by atoms with Gasteiger partial charge >= 0.3 is 11.9 Å². The van der Waals surface area contributed by atoms with Crippen molar-refractivity contribution in [3.05, 3.63) is 40.3 Å². The Morgan fingerprint density at radius 2 is 2.00 bits per heavy atom. The second-order valence-electron chi connectivity index (χ2n) is 3.17. The molecule has 0 saturated carbocycles. The van der Waals surface area contributed by atoms with Crippen LogP contribution in [0.1, 0.15) is 12.7 Å². The lowest BCUT2D eigenvalue weighted by Crippen LogP contribution is -2.03. The highest BCUT2D eigenvalue weighted by Crippen LogP contribution is 2.19. The summed E-state index contributed by atoms with van der Waals surface area (Å²) in [5.74, 6) is -2.22. The minimum absolute atomic E-state index is 0.109. The largest absolute Gasteiger partial charge is 0.478 e. The fourth-order valence-corrected chi connectivity index (χ4v) is 1.31. The van der Waals surface area contributed by atoms with E-state index in [9.17, 15) is 9.59 Å². The second-order valence-corrected chi connectivity index (χ2v) is 3.54. The van der Waals surface area contributed by atoms with E-state index in [1.54, 1.807) is 0 Å². The molecule has 1 aromatic rings. The summed E-state index contributed by atoms with van der Waals surface area (Å²) in [7, 11) is 0. The summed E-state index contributed by atoms with van der Waals surface area (Å²) < 4.78 is 4.97. The molecule has 0 aromatic carbocycles. The van der Waals surface area contributed by atoms with Crippen LogP contribution in [-0.2, 0) is 9.59 Å². The number of furan rings is 1. The molecule has 5 nitrogen and oxygen atoms in total. The standard InChI is InChI=1S/C11H9ClO5/c1-6(4-10(13)14)8(11(15)16)5-7-2-3-9(12)17-7/h2-5H,1H3,(H,13,14)(H,15,16)/b6-4-,8-5+. The van der Waals surface area contributed by atoms with Gasteiger partial charge in [0.1, 0.15) is 5.76 Å². The Labute approximate surface area is 102 Å². The first kappa shape index (κ1) is 13.1. The molecular weight excluding hydrogens is 248 g/mol. The molecule has 0 aliphatic carbocycles. The van der Waals surface area contributed by atoms with Crippen molar-refractivity contribution < 1.29 is 24.2 Å². The van der Waals surface area contributed by atoms with Gasteiger partial charge in [0.05, 0.1) is 5.57 Å². The van der Waals surface area contributed by atoms with E-state index in [1.807, 2.05) is 0 Å². The van der Waals surface area contributed by atoms with Gasteiger partial charge in [-0.05, 0) is 42.3 Å². The van der Waals surface area contributed by atoms with Gasteiger partial charge < -0.3 is 14.6 Å². The smallest absolute Gasteiger partial charge is 0.336 e. The molecule has 0 fully saturated rings. The molecule has 0 spiro atoms. The first-order chi connectivity index (χ1) is 7.90. The van der Waals surface area contributed by atoms with Gasteiger partial charge in [0.2, 0.25) is 0 Å². The Morgan fingerprint density at radius 3 is 2.41 bits per heavy atom. The van der Waals surface area contributed by atoms with Gasteiger partial charge in [-0.15, -0.1) is 0 Å². The molecule has 0 saturated heterocycles. The van der Waals surface area contributed by atoms with Gasteiger partial charge in [-0.2, -0.15) is 0 Å². The van der Waals surface area contributed by atoms with Crippen molar-refractivity contribution in [3.63, 3.8) is 0 Å². The van der Waals surface area contributed by atoms with Crippen LogP contribution in [0.4, 0.5) is 0 Å². The van der Waals surface area contributed by atoms with E-state index < -0.39 is 11.9 Å². The SMILES string of the molecule is CC(=C/C(=O)O)/C(=C\c1ccc(Cl)o1)C(=O)O. The average molecular weight is 257 g/mol. The number of carboxylic acid groups (broad SMARTS) is 2. The van der Waals surface area contributed by atoms with E-state index in [1.165, 1.54) is 25.1 Å². The zero-order valence-corrected chi connectivity index (χ0v) is 9.56. The van der Waals surface area contributed by atoms with Crippen LogP contribution in [0.2, 0.25) is 5.22 Å². The number of aliphatic carboxylic acids is 2. The maximum absolute atomic E-state index is 11.0. The number of hydrogen-bond donors (Lipinski definition) is 2. The Hall–Kier alpha value is -2.01. The highest BCUT2D eigenvalue weighted by Gasteiger charge is 2.12. The molecule has 0 aliphatic heterocycles. The normalized spacial score (nSPS) is 12.6. The van der Waals surface area contributed by atoms with E-state index in [0.717, 1.165) is 6.08 Å². The molecule has 1 heterocycles. The molecule has 1 aromatic heterocycles. The van der Waals surface area contributed by atoms with Gasteiger partial charge in [-0.1, -0.05) is 0 Å². The second kappa shape index (κ2) is 5.36. The maximum Gasteiger partial charge on any atom is 0.336 e. The Balaban J connectivity index is 3.14. The molecule has 1 rings (SSSR count). The van der Waals surface area contributed by atoms with E-state index in [4.69, 9.17) is 26.2 Å². The molecule has 6 heteroatoms. The van der Waals surface area contributed by atoms with Crippen molar-refractivity contribution in [2.24, 2.45) is 0 Å². The monoisotopic (exact) mass is 256 g/mol. The zero-order chi connectivity index (χ0) is 13.0. The van der Waals surface area contributed by atoms with Crippen LogP contribution in [-0.4, -0.2) is 22.2 Å². The molecule has 0 bridgehead atoms. The Morgan fingerprint density at radius 1 is 1.35 bits per heavy atom. The van der Waals surface area contributed by atoms with Gasteiger partial charge in [0.15, 0.2) is 5.22 Å². The van der Waals surface area contributed by atoms with Gasteiger partial charge in [0.25, 0.3) is 0 Å². The number of halogens is 1. The molecule has 17 heavy (non-hydrogen) atoms. The fraction of sp³-hybridized carbons (Fsp3) is 0.0909. The van der Waals surface area contributed by atoms with E-state index in [2.05, 4.69) is 0 Å². The molecular formula is C11H9ClO5. The zero-order valence-electron chi connectivity index (χ0n) is 8.81. The van der Waals surface area contributed by atoms with E-state index in [0.29, 0.717) is 0 Å². The third kappa shape index (κ3) is 3.81. The molecule has 2 N–H and O–H groups in total. The van der Waals surface area contributed by atoms with Gasteiger partial charge in [-0.25, -0.2) is 9.59 Å². The third-order valence-electron chi connectivity index (χ3n) is 1.88. The number of carboxylic acids is 2. The molecule has 90 valence electrons. The first-order valence-electron chi connectivity index (χ1n) is 4.52. The van der Waals surface area contributed by atoms with Gasteiger partial charge in [0, 0.05) is 6.08 Å². The predicted molar refractivity (Wildman–Crippen MR) is 60.7 cm³/mol. The molecule has 0 aliphatic rings. The lowest BCUT2D eigenvalue weighted by Gasteiger charge is -2.00. The number of carbonyl (C=O) groups is 2. The summed E-state index contributed by atoms with van der Waals surface area (Å²) >= 11 is 5.54. The quantitative estimate of drug-likeness (QED) is 0.638. The van der Waals surface area contributed by atoms with E-state index >= 15 is 0 Å². The minimum Gasteiger partial charge on any atom is -0.478 e. The lowest BCUT2D eigenvalue weighted by atomic mass is 10.1. The van der Waals surface area contributed by atoms with Crippen molar-refractivity contribution in [1.29, 1.82) is 0 Å². The van der Waals surface area contributed by atoms with Gasteiger partial charge in [-0.3, -0.25) is 0 Å². The van der Waals surface area contributed by atoms with Crippen LogP contribution in [0.25, 0.3) is 6.08 Å². The predicted octanol–water partition coefficient (Wildman–Crippen LogP) is 2.43. The van der Waals surface area contributed by atoms with Crippen molar-refractivity contribution in [2.75, 3.05) is 0 Å². The molecule has 0 atom stereocenters. The van der Waals surface area contributed by atoms with Crippen LogP contribution in [0.5, 0.6) is 0 Å². The fourth-order valence-electron chi connectivity index (χ4n) is 1.16. The van der Waals surface area contributed by atoms with E-state index in [-0.39, 0.29) is 22.1 Å². The lowest BCUT2D eigenvalue weighted by molar-refractivity contribution is -0.132. The first-order valence-corrected chi connectivity index (χ1v) is 4.90. The maximum atomic E-state index is 11.0. The molecule has 0 radical (unpaired) electrons. The highest BCUT2D eigenvalue weighted by atomic mass is 35.5. The molecule has 0 unspecified atom stereocenters. The Kier molecular flexibility index (Phi) is 4.12. The summed E-state index contributed by atoms with van der Waals surface area (Å²) in [5, 5.41) is 17.6. The average Bonchev–Trinajstić information content (AvgIpc) is 2.58. The van der Waals surface area contributed by atoms with Crippen molar-refractivity contribution >= 4 is 29.6 Å². The molecule has 0 amide bonds. The van der Waals surface area contributed by atoms with Crippen molar-refractivity contribution in [2.45, 2.75) is 6.92 Å². The summed E-state index contributed by atoms with van der Waals surface area (Å²) in [4.78, 5) is 21.4. The van der Waals surface area contributed by atoms with Crippen LogP contribution >= 0.6 is 11.6 Å². The van der Waals surface area contributed by atoms with Crippen LogP contribution in [0, 0.1) is 0 Å². The summed E-state index contributed by atoms with van der Waals surface area (Å²) in [6.45, 7) is 1.39. The van der Waals surface area contributed by atoms with Crippen molar-refractivity contribution in [1.82, 2.24) is 0 Å². The third-order valence-corrected chi connectivity index (χ3v) is 2.08. The van der Waals surface area contributed by atoms with Crippen LogP contribution < -0.4 is 0 Å². The summed E-state index contributed by atoms with van der Waals surface area (Å²) in [6, 6.07) is 2.95. The number of rotatable bonds is 4. The minimum atomic E-state index is -1.24. The Bertz CT molecular complexity index is 510. The topological polar surface area (TPSA) is 87.7 Å². The highest BCUT2D eigenvalue weighted by molar-refractivity contribution is 6.28. The van der Waals surface area contributed by atoms with Crippen LogP contribution in [0.15, 0.2) is 33.8 Å². The number of hydrogen-bond acceptors (Lipinski definition) is 3.